The van der Waals surface area contributed by atoms with Crippen molar-refractivity contribution in [3.63, 3.8) is 0 Å². The SMILES string of the molecule is Cc1ccc(N(CC(=O)N/N=C\c2ccc(OCC(=O)NC(C)C)cc2)S(C)(=O)=O)cc1. The predicted octanol–water partition coefficient (Wildman–Crippen LogP) is 1.81. The molecule has 0 atom stereocenters. The lowest BCUT2D eigenvalue weighted by Crippen LogP contribution is -2.39. The van der Waals surface area contributed by atoms with E-state index in [1.54, 1.807) is 48.5 Å². The molecule has 2 aromatic carbocycles. The van der Waals surface area contributed by atoms with E-state index in [9.17, 15) is 18.0 Å². The van der Waals surface area contributed by atoms with Gasteiger partial charge in [0.25, 0.3) is 11.8 Å². The van der Waals surface area contributed by atoms with Gasteiger partial charge in [-0.15, -0.1) is 0 Å². The fraction of sp³-hybridized carbons (Fsp3) is 0.318. The number of anilines is 1. The molecule has 172 valence electrons. The second kappa shape index (κ2) is 11.3. The summed E-state index contributed by atoms with van der Waals surface area (Å²) in [6.07, 6.45) is 2.46. The van der Waals surface area contributed by atoms with Crippen LogP contribution in [0, 0.1) is 6.92 Å². The van der Waals surface area contributed by atoms with E-state index < -0.39 is 22.5 Å². The molecule has 0 aromatic heterocycles. The van der Waals surface area contributed by atoms with Gasteiger partial charge in [0, 0.05) is 6.04 Å². The summed E-state index contributed by atoms with van der Waals surface area (Å²) in [7, 11) is -3.65. The number of ether oxygens (including phenoxy) is 1. The van der Waals surface area contributed by atoms with Gasteiger partial charge in [0.05, 0.1) is 18.2 Å². The highest BCUT2D eigenvalue weighted by Crippen LogP contribution is 2.17. The zero-order valence-electron chi connectivity index (χ0n) is 18.5. The number of sulfonamides is 1. The van der Waals surface area contributed by atoms with Crippen LogP contribution in [0.5, 0.6) is 5.75 Å². The van der Waals surface area contributed by atoms with Crippen LogP contribution in [0.2, 0.25) is 0 Å². The summed E-state index contributed by atoms with van der Waals surface area (Å²) in [5.74, 6) is -0.266. The molecule has 0 fully saturated rings. The minimum Gasteiger partial charge on any atom is -0.484 e. The normalized spacial score (nSPS) is 11.4. The number of rotatable bonds is 10. The van der Waals surface area contributed by atoms with Gasteiger partial charge in [-0.3, -0.25) is 13.9 Å². The van der Waals surface area contributed by atoms with Crippen LogP contribution in [0.4, 0.5) is 5.69 Å². The monoisotopic (exact) mass is 460 g/mol. The number of hydrogen-bond acceptors (Lipinski definition) is 6. The van der Waals surface area contributed by atoms with Crippen LogP contribution in [0.25, 0.3) is 0 Å². The van der Waals surface area contributed by atoms with Gasteiger partial charge in [-0.1, -0.05) is 17.7 Å². The number of amides is 2. The standard InChI is InChI=1S/C22H28N4O5S/c1-16(2)24-22(28)15-31-20-11-7-18(8-12-20)13-23-25-21(27)14-26(32(4,29)30)19-9-5-17(3)6-10-19/h5-13,16H,14-15H2,1-4H3,(H,24,28)(H,25,27)/b23-13-. The van der Waals surface area contributed by atoms with Gasteiger partial charge < -0.3 is 10.1 Å². The minimum atomic E-state index is -3.65. The topological polar surface area (TPSA) is 117 Å². The largest absolute Gasteiger partial charge is 0.484 e. The summed E-state index contributed by atoms with van der Waals surface area (Å²) in [6.45, 7) is 5.14. The molecule has 0 aliphatic carbocycles. The van der Waals surface area contributed by atoms with Crippen LogP contribution in [0.3, 0.4) is 0 Å². The molecule has 0 saturated heterocycles. The lowest BCUT2D eigenvalue weighted by Gasteiger charge is -2.21. The van der Waals surface area contributed by atoms with Gasteiger partial charge in [-0.05, 0) is 62.7 Å². The molecule has 0 spiro atoms. The van der Waals surface area contributed by atoms with Crippen molar-refractivity contribution in [2.75, 3.05) is 23.7 Å². The van der Waals surface area contributed by atoms with Gasteiger partial charge in [0.2, 0.25) is 10.0 Å². The third kappa shape index (κ3) is 8.38. The van der Waals surface area contributed by atoms with Crippen molar-refractivity contribution in [2.24, 2.45) is 5.10 Å². The number of carbonyl (C=O) groups excluding carboxylic acids is 2. The highest BCUT2D eigenvalue weighted by atomic mass is 32.2. The zero-order valence-corrected chi connectivity index (χ0v) is 19.3. The highest BCUT2D eigenvalue weighted by Gasteiger charge is 2.20. The Morgan fingerprint density at radius 3 is 2.25 bits per heavy atom. The molecule has 2 N–H and O–H groups in total. The van der Waals surface area contributed by atoms with E-state index in [0.29, 0.717) is 17.0 Å². The van der Waals surface area contributed by atoms with Crippen LogP contribution >= 0.6 is 0 Å². The minimum absolute atomic E-state index is 0.0429. The Labute approximate surface area is 188 Å². The predicted molar refractivity (Wildman–Crippen MR) is 124 cm³/mol. The Hall–Kier alpha value is -3.40. The highest BCUT2D eigenvalue weighted by molar-refractivity contribution is 7.92. The summed E-state index contributed by atoms with van der Waals surface area (Å²) in [5.41, 5.74) is 4.39. The van der Waals surface area contributed by atoms with E-state index in [0.717, 1.165) is 16.1 Å². The summed E-state index contributed by atoms with van der Waals surface area (Å²) in [6, 6.07) is 13.6. The van der Waals surface area contributed by atoms with Crippen LogP contribution < -0.4 is 19.8 Å². The maximum atomic E-state index is 12.2. The van der Waals surface area contributed by atoms with Gasteiger partial charge in [0.1, 0.15) is 12.3 Å². The van der Waals surface area contributed by atoms with Gasteiger partial charge >= 0.3 is 0 Å². The Bertz CT molecular complexity index is 1050. The number of aryl methyl sites for hydroxylation is 1. The fourth-order valence-electron chi connectivity index (χ4n) is 2.62. The Morgan fingerprint density at radius 1 is 1.06 bits per heavy atom. The quantitative estimate of drug-likeness (QED) is 0.414. The third-order valence-corrected chi connectivity index (χ3v) is 5.25. The summed E-state index contributed by atoms with van der Waals surface area (Å²) < 4.78 is 30.6. The van der Waals surface area contributed by atoms with Crippen LogP contribution in [0.15, 0.2) is 53.6 Å². The van der Waals surface area contributed by atoms with Crippen molar-refractivity contribution >= 4 is 33.7 Å². The first-order chi connectivity index (χ1) is 15.0. The average Bonchev–Trinajstić information content (AvgIpc) is 2.71. The van der Waals surface area contributed by atoms with Crippen molar-refractivity contribution in [3.8, 4) is 5.75 Å². The summed E-state index contributed by atoms with van der Waals surface area (Å²) >= 11 is 0. The van der Waals surface area contributed by atoms with Crippen molar-refractivity contribution in [3.05, 3.63) is 59.7 Å². The maximum absolute atomic E-state index is 12.2. The molecule has 0 unspecified atom stereocenters. The van der Waals surface area contributed by atoms with E-state index in [1.807, 2.05) is 20.8 Å². The van der Waals surface area contributed by atoms with E-state index >= 15 is 0 Å². The van der Waals surface area contributed by atoms with Crippen LogP contribution in [0.1, 0.15) is 25.0 Å². The Balaban J connectivity index is 1.90. The number of nitrogens with one attached hydrogen (secondary N) is 2. The fourth-order valence-corrected chi connectivity index (χ4v) is 3.47. The van der Waals surface area contributed by atoms with Crippen molar-refractivity contribution in [1.82, 2.24) is 10.7 Å². The summed E-state index contributed by atoms with van der Waals surface area (Å²) in [4.78, 5) is 23.8. The number of carbonyl (C=O) groups is 2. The molecule has 0 radical (unpaired) electrons. The molecule has 2 amide bonds. The maximum Gasteiger partial charge on any atom is 0.260 e. The van der Waals surface area contributed by atoms with Crippen molar-refractivity contribution in [1.29, 1.82) is 0 Å². The molecule has 0 bridgehead atoms. The van der Waals surface area contributed by atoms with E-state index in [2.05, 4.69) is 15.8 Å². The molecule has 2 aromatic rings. The molecular weight excluding hydrogens is 432 g/mol. The molecule has 32 heavy (non-hydrogen) atoms. The van der Waals surface area contributed by atoms with E-state index in [1.165, 1.54) is 6.21 Å². The molecule has 9 nitrogen and oxygen atoms in total. The first kappa shape index (κ1) is 24.9. The van der Waals surface area contributed by atoms with Crippen LogP contribution in [-0.2, 0) is 19.6 Å². The molecular formula is C22H28N4O5S. The second-order valence-electron chi connectivity index (χ2n) is 7.48. The second-order valence-corrected chi connectivity index (χ2v) is 9.39. The van der Waals surface area contributed by atoms with E-state index in [-0.39, 0.29) is 18.6 Å². The molecule has 0 saturated carbocycles. The third-order valence-electron chi connectivity index (χ3n) is 4.11. The number of hydrogen-bond donors (Lipinski definition) is 2. The van der Waals surface area contributed by atoms with Crippen molar-refractivity contribution < 1.29 is 22.7 Å². The molecule has 0 aliphatic rings. The zero-order chi connectivity index (χ0) is 23.7. The molecule has 0 heterocycles. The number of hydrazone groups is 1. The first-order valence-electron chi connectivity index (χ1n) is 9.93. The first-order valence-corrected chi connectivity index (χ1v) is 11.8. The molecule has 2 rings (SSSR count). The average molecular weight is 461 g/mol. The molecule has 10 heteroatoms. The lowest BCUT2D eigenvalue weighted by molar-refractivity contribution is -0.123. The lowest BCUT2D eigenvalue weighted by atomic mass is 10.2. The van der Waals surface area contributed by atoms with Gasteiger partial charge in [-0.2, -0.15) is 5.10 Å². The van der Waals surface area contributed by atoms with Gasteiger partial charge in [-0.25, -0.2) is 13.8 Å². The van der Waals surface area contributed by atoms with E-state index in [4.69, 9.17) is 4.74 Å². The Kier molecular flexibility index (Phi) is 8.77. The van der Waals surface area contributed by atoms with Crippen LogP contribution in [-0.4, -0.2) is 51.9 Å². The molecule has 0 aliphatic heterocycles. The Morgan fingerprint density at radius 2 is 1.69 bits per heavy atom. The van der Waals surface area contributed by atoms with Gasteiger partial charge in [0.15, 0.2) is 6.61 Å². The smallest absolute Gasteiger partial charge is 0.260 e. The van der Waals surface area contributed by atoms with Crippen molar-refractivity contribution in [2.45, 2.75) is 26.8 Å². The summed E-state index contributed by atoms with van der Waals surface area (Å²) in [5, 5.41) is 6.60. The number of benzene rings is 2. The number of nitrogens with zero attached hydrogens (tertiary/aromatic N) is 2.